The summed E-state index contributed by atoms with van der Waals surface area (Å²) >= 11 is 0. The van der Waals surface area contributed by atoms with Crippen LogP contribution in [0.2, 0.25) is 0 Å². The number of aryl methyl sites for hydroxylation is 1. The van der Waals surface area contributed by atoms with Crippen LogP contribution in [0.1, 0.15) is 12.5 Å². The minimum atomic E-state index is -3.50. The highest BCUT2D eigenvalue weighted by Gasteiger charge is 2.12. The van der Waals surface area contributed by atoms with Gasteiger partial charge in [0.25, 0.3) is 10.0 Å². The van der Waals surface area contributed by atoms with Gasteiger partial charge in [-0.2, -0.15) is 0 Å². The van der Waals surface area contributed by atoms with Crippen molar-refractivity contribution in [3.63, 3.8) is 0 Å². The predicted octanol–water partition coefficient (Wildman–Crippen LogP) is 2.36. The van der Waals surface area contributed by atoms with Crippen molar-refractivity contribution in [2.75, 3.05) is 0 Å². The molecular formula is C12H15NO2S. The third kappa shape index (κ3) is 3.24. The zero-order valence-electron chi connectivity index (χ0n) is 9.40. The largest absolute Gasteiger partial charge is 0.280 e. The smallest absolute Gasteiger partial charge is 0.261 e. The van der Waals surface area contributed by atoms with E-state index in [1.807, 2.05) is 6.92 Å². The number of hydrogen-bond donors (Lipinski definition) is 1. The van der Waals surface area contributed by atoms with Crippen LogP contribution < -0.4 is 4.72 Å². The molecule has 1 rings (SSSR count). The highest BCUT2D eigenvalue weighted by Crippen LogP contribution is 2.10. The minimum absolute atomic E-state index is 0.240. The summed E-state index contributed by atoms with van der Waals surface area (Å²) in [7, 11) is -3.50. The molecule has 0 bridgehead atoms. The van der Waals surface area contributed by atoms with E-state index in [0.29, 0.717) is 5.70 Å². The molecule has 0 aliphatic rings. The van der Waals surface area contributed by atoms with Gasteiger partial charge in [-0.25, -0.2) is 8.42 Å². The topological polar surface area (TPSA) is 46.2 Å². The fraction of sp³-hybridized carbons (Fsp3) is 0.167. The van der Waals surface area contributed by atoms with Gasteiger partial charge in [0, 0.05) is 5.70 Å². The lowest BCUT2D eigenvalue weighted by atomic mass is 10.2. The summed E-state index contributed by atoms with van der Waals surface area (Å²) in [6, 6.07) is 6.65. The first-order valence-electron chi connectivity index (χ1n) is 4.87. The molecule has 0 saturated carbocycles. The van der Waals surface area contributed by atoms with Crippen LogP contribution in [0.25, 0.3) is 0 Å². The van der Waals surface area contributed by atoms with Gasteiger partial charge in [0.1, 0.15) is 0 Å². The van der Waals surface area contributed by atoms with Crippen molar-refractivity contribution < 1.29 is 8.42 Å². The summed E-state index contributed by atoms with van der Waals surface area (Å²) < 4.78 is 26.0. The third-order valence-electron chi connectivity index (χ3n) is 1.96. The van der Waals surface area contributed by atoms with Crippen molar-refractivity contribution in [2.45, 2.75) is 18.7 Å². The summed E-state index contributed by atoms with van der Waals surface area (Å²) in [6.07, 6.45) is 3.33. The first-order chi connectivity index (χ1) is 7.45. The number of allylic oxidation sites excluding steroid dienone is 2. The average Bonchev–Trinajstić information content (AvgIpc) is 2.17. The van der Waals surface area contributed by atoms with Crippen molar-refractivity contribution in [3.8, 4) is 0 Å². The normalized spacial score (nSPS) is 11.6. The quantitative estimate of drug-likeness (QED) is 0.817. The minimum Gasteiger partial charge on any atom is -0.280 e. The lowest BCUT2D eigenvalue weighted by Gasteiger charge is -2.07. The van der Waals surface area contributed by atoms with E-state index in [1.54, 1.807) is 43.3 Å². The third-order valence-corrected chi connectivity index (χ3v) is 3.39. The summed E-state index contributed by atoms with van der Waals surface area (Å²) in [5, 5.41) is 0. The van der Waals surface area contributed by atoms with Gasteiger partial charge in [-0.1, -0.05) is 30.4 Å². The number of rotatable bonds is 4. The number of benzene rings is 1. The fourth-order valence-electron chi connectivity index (χ4n) is 1.18. The van der Waals surface area contributed by atoms with Crippen LogP contribution in [-0.2, 0) is 10.0 Å². The molecule has 16 heavy (non-hydrogen) atoms. The Labute approximate surface area is 96.6 Å². The van der Waals surface area contributed by atoms with Crippen LogP contribution in [0.3, 0.4) is 0 Å². The van der Waals surface area contributed by atoms with Crippen molar-refractivity contribution in [1.29, 1.82) is 0 Å². The monoisotopic (exact) mass is 237 g/mol. The van der Waals surface area contributed by atoms with E-state index in [9.17, 15) is 8.42 Å². The van der Waals surface area contributed by atoms with Gasteiger partial charge in [-0.05, 0) is 32.1 Å². The van der Waals surface area contributed by atoms with Crippen LogP contribution in [0, 0.1) is 6.92 Å². The molecule has 0 saturated heterocycles. The fourth-order valence-corrected chi connectivity index (χ4v) is 2.21. The van der Waals surface area contributed by atoms with Crippen LogP contribution in [0.5, 0.6) is 0 Å². The van der Waals surface area contributed by atoms with Gasteiger partial charge >= 0.3 is 0 Å². The Bertz CT molecular complexity index is 498. The Balaban J connectivity index is 2.94. The molecule has 1 aromatic carbocycles. The van der Waals surface area contributed by atoms with E-state index in [4.69, 9.17) is 0 Å². The molecule has 4 heteroatoms. The maximum atomic E-state index is 11.8. The molecule has 0 spiro atoms. The molecule has 86 valence electrons. The lowest BCUT2D eigenvalue weighted by Crippen LogP contribution is -2.21. The van der Waals surface area contributed by atoms with Crippen LogP contribution >= 0.6 is 0 Å². The summed E-state index contributed by atoms with van der Waals surface area (Å²) in [5.41, 5.74) is 1.37. The van der Waals surface area contributed by atoms with Gasteiger partial charge < -0.3 is 0 Å². The Kier molecular flexibility index (Phi) is 3.90. The van der Waals surface area contributed by atoms with E-state index in [1.165, 1.54) is 0 Å². The molecule has 0 aromatic heterocycles. The molecule has 0 aliphatic heterocycles. The van der Waals surface area contributed by atoms with Gasteiger partial charge in [0.2, 0.25) is 0 Å². The molecule has 0 unspecified atom stereocenters. The molecule has 1 aromatic rings. The van der Waals surface area contributed by atoms with Crippen molar-refractivity contribution in [2.24, 2.45) is 0 Å². The summed E-state index contributed by atoms with van der Waals surface area (Å²) in [4.78, 5) is 0.240. The molecule has 0 atom stereocenters. The Hall–Kier alpha value is -1.55. The van der Waals surface area contributed by atoms with E-state index in [2.05, 4.69) is 11.3 Å². The number of sulfonamides is 1. The lowest BCUT2D eigenvalue weighted by molar-refractivity contribution is 0.589. The van der Waals surface area contributed by atoms with E-state index < -0.39 is 10.0 Å². The predicted molar refractivity (Wildman–Crippen MR) is 65.5 cm³/mol. The summed E-state index contributed by atoms with van der Waals surface area (Å²) in [5.74, 6) is 0. The van der Waals surface area contributed by atoms with Gasteiger partial charge in [0.15, 0.2) is 0 Å². The standard InChI is InChI=1S/C12H15NO2S/c1-4-5-11(3)13-16(14,15)12-8-6-10(2)7-9-12/h4-9,13H,3H2,1-2H3/b5-4-. The molecule has 3 nitrogen and oxygen atoms in total. The molecule has 0 heterocycles. The average molecular weight is 237 g/mol. The second-order valence-electron chi connectivity index (χ2n) is 3.44. The van der Waals surface area contributed by atoms with Gasteiger partial charge in [-0.3, -0.25) is 4.72 Å². The molecule has 0 aliphatic carbocycles. The second kappa shape index (κ2) is 4.99. The van der Waals surface area contributed by atoms with Gasteiger partial charge in [-0.15, -0.1) is 0 Å². The van der Waals surface area contributed by atoms with Crippen LogP contribution in [0.4, 0.5) is 0 Å². The first-order valence-corrected chi connectivity index (χ1v) is 6.35. The number of nitrogens with one attached hydrogen (secondary N) is 1. The highest BCUT2D eigenvalue weighted by atomic mass is 32.2. The van der Waals surface area contributed by atoms with E-state index in [-0.39, 0.29) is 4.90 Å². The highest BCUT2D eigenvalue weighted by molar-refractivity contribution is 7.89. The zero-order valence-corrected chi connectivity index (χ0v) is 10.2. The molecule has 1 N–H and O–H groups in total. The number of hydrogen-bond acceptors (Lipinski definition) is 2. The van der Waals surface area contributed by atoms with E-state index >= 15 is 0 Å². The first kappa shape index (κ1) is 12.5. The van der Waals surface area contributed by atoms with Gasteiger partial charge in [0.05, 0.1) is 4.90 Å². The Morgan fingerprint density at radius 3 is 2.38 bits per heavy atom. The molecular weight excluding hydrogens is 222 g/mol. The Morgan fingerprint density at radius 2 is 1.88 bits per heavy atom. The molecule has 0 fully saturated rings. The van der Waals surface area contributed by atoms with Crippen LogP contribution in [0.15, 0.2) is 53.6 Å². The van der Waals surface area contributed by atoms with Crippen molar-refractivity contribution in [3.05, 3.63) is 54.3 Å². The molecule has 0 amide bonds. The Morgan fingerprint density at radius 1 is 1.31 bits per heavy atom. The zero-order chi connectivity index (χ0) is 12.2. The second-order valence-corrected chi connectivity index (χ2v) is 5.13. The van der Waals surface area contributed by atoms with Crippen molar-refractivity contribution >= 4 is 10.0 Å². The SMILES string of the molecule is C=C(/C=C\C)NS(=O)(=O)c1ccc(C)cc1. The van der Waals surface area contributed by atoms with Crippen LogP contribution in [-0.4, -0.2) is 8.42 Å². The maximum Gasteiger partial charge on any atom is 0.261 e. The van der Waals surface area contributed by atoms with E-state index in [0.717, 1.165) is 5.56 Å². The summed E-state index contributed by atoms with van der Waals surface area (Å²) in [6.45, 7) is 7.30. The molecule has 0 radical (unpaired) electrons. The maximum absolute atomic E-state index is 11.8. The van der Waals surface area contributed by atoms with Crippen molar-refractivity contribution in [1.82, 2.24) is 4.72 Å².